The molecule has 0 radical (unpaired) electrons. The average Bonchev–Trinajstić information content (AvgIpc) is 3.01. The van der Waals surface area contributed by atoms with Crippen molar-refractivity contribution in [2.24, 2.45) is 5.10 Å². The molecule has 0 bridgehead atoms. The highest BCUT2D eigenvalue weighted by Crippen LogP contribution is 2.23. The highest BCUT2D eigenvalue weighted by Gasteiger charge is 2.12. The van der Waals surface area contributed by atoms with Crippen molar-refractivity contribution in [1.29, 1.82) is 0 Å². The van der Waals surface area contributed by atoms with Gasteiger partial charge in [0.2, 0.25) is 0 Å². The normalized spacial score (nSPS) is 11.3. The van der Waals surface area contributed by atoms with E-state index in [1.165, 1.54) is 6.20 Å². The van der Waals surface area contributed by atoms with Gasteiger partial charge in [0, 0.05) is 40.4 Å². The maximum absolute atomic E-state index is 12.2. The van der Waals surface area contributed by atoms with Crippen LogP contribution in [0.1, 0.15) is 27.3 Å². The molecule has 0 aliphatic rings. The molecule has 0 aliphatic carbocycles. The maximum atomic E-state index is 12.2. The van der Waals surface area contributed by atoms with Gasteiger partial charge in [-0.15, -0.1) is 0 Å². The van der Waals surface area contributed by atoms with Crippen LogP contribution in [0.3, 0.4) is 0 Å². The van der Waals surface area contributed by atoms with E-state index < -0.39 is 5.91 Å². The van der Waals surface area contributed by atoms with E-state index in [-0.39, 0.29) is 10.7 Å². The van der Waals surface area contributed by atoms with Crippen LogP contribution in [0.4, 0.5) is 0 Å². The van der Waals surface area contributed by atoms with Gasteiger partial charge in [0.05, 0.1) is 17.3 Å². The Labute approximate surface area is 172 Å². The lowest BCUT2D eigenvalue weighted by Crippen LogP contribution is -2.18. The Bertz CT molecular complexity index is 1250. The molecule has 0 unspecified atom stereocenters. The van der Waals surface area contributed by atoms with E-state index >= 15 is 0 Å². The molecule has 0 saturated carbocycles. The molecule has 29 heavy (non-hydrogen) atoms. The van der Waals surface area contributed by atoms with Gasteiger partial charge in [0.1, 0.15) is 5.15 Å². The number of nitrogens with one attached hydrogen (secondary N) is 1. The van der Waals surface area contributed by atoms with E-state index in [2.05, 4.69) is 31.1 Å². The van der Waals surface area contributed by atoms with Crippen molar-refractivity contribution < 1.29 is 4.79 Å². The number of aromatic nitrogens is 3. The molecule has 3 aromatic heterocycles. The quantitative estimate of drug-likeness (QED) is 0.311. The molecule has 0 aliphatic heterocycles. The highest BCUT2D eigenvalue weighted by molar-refractivity contribution is 6.32. The van der Waals surface area contributed by atoms with Gasteiger partial charge in [-0.2, -0.15) is 5.10 Å². The number of pyridine rings is 2. The minimum atomic E-state index is -0.407. The predicted molar refractivity (Wildman–Crippen MR) is 115 cm³/mol. The smallest absolute Gasteiger partial charge is 0.274 e. The summed E-state index contributed by atoms with van der Waals surface area (Å²) in [6, 6.07) is 15.4. The van der Waals surface area contributed by atoms with Gasteiger partial charge in [-0.25, -0.2) is 10.4 Å². The summed E-state index contributed by atoms with van der Waals surface area (Å²) >= 11 is 5.94. The zero-order chi connectivity index (χ0) is 20.4. The van der Waals surface area contributed by atoms with Crippen molar-refractivity contribution in [3.63, 3.8) is 0 Å². The number of nitrogens with zero attached hydrogens (tertiary/aromatic N) is 4. The van der Waals surface area contributed by atoms with Gasteiger partial charge < -0.3 is 4.57 Å². The van der Waals surface area contributed by atoms with Gasteiger partial charge in [-0.05, 0) is 56.3 Å². The minimum absolute atomic E-state index is 0.143. The highest BCUT2D eigenvalue weighted by atomic mass is 35.5. The number of amides is 1. The minimum Gasteiger partial charge on any atom is -0.318 e. The standard InChI is InChI=1S/C22H18ClN5O/c1-14-11-17(13-26-27-22(29)19-6-4-10-25-21(19)23)15(2)28(14)18-7-8-20-16(12-18)5-3-9-24-20/h3-13H,1-2H3,(H,27,29). The molecule has 4 rings (SSSR count). The molecular formula is C22H18ClN5O. The monoisotopic (exact) mass is 403 g/mol. The fourth-order valence-corrected chi connectivity index (χ4v) is 3.50. The third-order valence-corrected chi connectivity index (χ3v) is 4.99. The van der Waals surface area contributed by atoms with E-state index in [4.69, 9.17) is 11.6 Å². The Morgan fingerprint density at radius 3 is 2.72 bits per heavy atom. The molecule has 0 fully saturated rings. The van der Waals surface area contributed by atoms with Crippen molar-refractivity contribution >= 4 is 34.6 Å². The number of benzene rings is 1. The van der Waals surface area contributed by atoms with E-state index in [1.54, 1.807) is 24.5 Å². The summed E-state index contributed by atoms with van der Waals surface area (Å²) in [7, 11) is 0. The number of fused-ring (bicyclic) bond motifs is 1. The molecular weight excluding hydrogens is 386 g/mol. The van der Waals surface area contributed by atoms with Crippen LogP contribution in [0.15, 0.2) is 66.0 Å². The molecule has 0 atom stereocenters. The number of rotatable bonds is 4. The van der Waals surface area contributed by atoms with Crippen LogP contribution in [-0.4, -0.2) is 26.7 Å². The van der Waals surface area contributed by atoms with Gasteiger partial charge in [-0.3, -0.25) is 9.78 Å². The zero-order valence-corrected chi connectivity index (χ0v) is 16.7. The van der Waals surface area contributed by atoms with Gasteiger partial charge in [0.15, 0.2) is 0 Å². The second-order valence-corrected chi connectivity index (χ2v) is 6.94. The van der Waals surface area contributed by atoms with Crippen LogP contribution >= 0.6 is 11.6 Å². The van der Waals surface area contributed by atoms with Crippen molar-refractivity contribution in [3.8, 4) is 5.69 Å². The number of carbonyl (C=O) groups is 1. The summed E-state index contributed by atoms with van der Waals surface area (Å²) in [6.07, 6.45) is 4.94. The van der Waals surface area contributed by atoms with Gasteiger partial charge in [0.25, 0.3) is 5.91 Å². The third kappa shape index (κ3) is 3.75. The lowest BCUT2D eigenvalue weighted by atomic mass is 10.2. The molecule has 4 aromatic rings. The number of hydrazone groups is 1. The number of halogens is 1. The molecule has 1 aromatic carbocycles. The first-order valence-electron chi connectivity index (χ1n) is 9.02. The fourth-order valence-electron chi connectivity index (χ4n) is 3.29. The SMILES string of the molecule is Cc1cc(C=NNC(=O)c2cccnc2Cl)c(C)n1-c1ccc2ncccc2c1. The van der Waals surface area contributed by atoms with Crippen molar-refractivity contribution in [2.45, 2.75) is 13.8 Å². The molecule has 6 nitrogen and oxygen atoms in total. The number of hydrogen-bond acceptors (Lipinski definition) is 4. The Morgan fingerprint density at radius 2 is 1.90 bits per heavy atom. The number of carbonyl (C=O) groups excluding carboxylic acids is 1. The topological polar surface area (TPSA) is 72.2 Å². The third-order valence-electron chi connectivity index (χ3n) is 4.69. The predicted octanol–water partition coefficient (Wildman–Crippen LogP) is 4.45. The maximum Gasteiger partial charge on any atom is 0.274 e. The Kier molecular flexibility index (Phi) is 5.10. The van der Waals surface area contributed by atoms with Crippen LogP contribution in [0, 0.1) is 13.8 Å². The van der Waals surface area contributed by atoms with Crippen LogP contribution in [0.25, 0.3) is 16.6 Å². The molecule has 7 heteroatoms. The Morgan fingerprint density at radius 1 is 1.10 bits per heavy atom. The lowest BCUT2D eigenvalue weighted by Gasteiger charge is -2.10. The summed E-state index contributed by atoms with van der Waals surface area (Å²) in [5.74, 6) is -0.407. The summed E-state index contributed by atoms with van der Waals surface area (Å²) in [5, 5.41) is 5.30. The fraction of sp³-hybridized carbons (Fsp3) is 0.0909. The molecule has 3 heterocycles. The summed E-state index contributed by atoms with van der Waals surface area (Å²) < 4.78 is 2.15. The van der Waals surface area contributed by atoms with Gasteiger partial charge in [-0.1, -0.05) is 17.7 Å². The Hall–Kier alpha value is -3.51. The molecule has 1 amide bonds. The molecule has 0 saturated heterocycles. The van der Waals surface area contributed by atoms with Crippen molar-refractivity contribution in [2.75, 3.05) is 0 Å². The lowest BCUT2D eigenvalue weighted by molar-refractivity contribution is 0.0955. The van der Waals surface area contributed by atoms with Crippen LogP contribution in [0.2, 0.25) is 5.15 Å². The number of aryl methyl sites for hydroxylation is 1. The van der Waals surface area contributed by atoms with Gasteiger partial charge >= 0.3 is 0 Å². The van der Waals surface area contributed by atoms with Crippen LogP contribution in [0.5, 0.6) is 0 Å². The zero-order valence-electron chi connectivity index (χ0n) is 15.9. The largest absolute Gasteiger partial charge is 0.318 e. The second-order valence-electron chi connectivity index (χ2n) is 6.58. The summed E-state index contributed by atoms with van der Waals surface area (Å²) in [6.45, 7) is 4.05. The van der Waals surface area contributed by atoms with E-state index in [0.29, 0.717) is 0 Å². The second kappa shape index (κ2) is 7.85. The average molecular weight is 404 g/mol. The van der Waals surface area contributed by atoms with E-state index in [9.17, 15) is 4.79 Å². The Balaban J connectivity index is 1.59. The summed E-state index contributed by atoms with van der Waals surface area (Å²) in [5.41, 5.74) is 7.77. The van der Waals surface area contributed by atoms with E-state index in [1.807, 2.05) is 44.2 Å². The van der Waals surface area contributed by atoms with E-state index in [0.717, 1.165) is 33.5 Å². The first-order valence-corrected chi connectivity index (χ1v) is 9.40. The van der Waals surface area contributed by atoms with Crippen molar-refractivity contribution in [1.82, 2.24) is 20.0 Å². The molecule has 1 N–H and O–H groups in total. The summed E-state index contributed by atoms with van der Waals surface area (Å²) in [4.78, 5) is 20.5. The molecule has 144 valence electrons. The van der Waals surface area contributed by atoms with Crippen molar-refractivity contribution in [3.05, 3.63) is 88.6 Å². The van der Waals surface area contributed by atoms with Crippen LogP contribution in [-0.2, 0) is 0 Å². The molecule has 0 spiro atoms. The van der Waals surface area contributed by atoms with Crippen LogP contribution < -0.4 is 5.43 Å². The first-order chi connectivity index (χ1) is 14.0. The first kappa shape index (κ1) is 18.8. The number of hydrogen-bond donors (Lipinski definition) is 1.